The van der Waals surface area contributed by atoms with Crippen molar-refractivity contribution in [2.24, 2.45) is 0 Å². The molecule has 0 saturated carbocycles. The summed E-state index contributed by atoms with van der Waals surface area (Å²) in [4.78, 5) is 25.9. The third kappa shape index (κ3) is 5.28. The van der Waals surface area contributed by atoms with Crippen LogP contribution in [0.4, 0.5) is 5.95 Å². The molecule has 0 bridgehead atoms. The molecule has 0 atom stereocenters. The van der Waals surface area contributed by atoms with E-state index in [2.05, 4.69) is 54.7 Å². The lowest BCUT2D eigenvalue weighted by Crippen LogP contribution is -2.35. The Morgan fingerprint density at radius 1 is 1.04 bits per heavy atom. The quantitative estimate of drug-likeness (QED) is 0.679. The zero-order valence-corrected chi connectivity index (χ0v) is 16.4. The standard InChI is InChI=1S/C21H30N4O/c1-5-14-24(15-6-2)20(26)19-12-13-22-21(23-19)25(17(3)4)16-18-10-8-7-9-11-18/h7-13,17H,5-6,14-16H2,1-4H3. The zero-order valence-electron chi connectivity index (χ0n) is 16.4. The molecule has 1 heterocycles. The second-order valence-corrected chi connectivity index (χ2v) is 6.74. The van der Waals surface area contributed by atoms with Crippen molar-refractivity contribution < 1.29 is 4.79 Å². The molecule has 0 aliphatic heterocycles. The zero-order chi connectivity index (χ0) is 18.9. The maximum atomic E-state index is 12.8. The highest BCUT2D eigenvalue weighted by Gasteiger charge is 2.19. The van der Waals surface area contributed by atoms with Gasteiger partial charge in [-0.05, 0) is 38.3 Å². The lowest BCUT2D eigenvalue weighted by Gasteiger charge is -2.27. The molecule has 26 heavy (non-hydrogen) atoms. The summed E-state index contributed by atoms with van der Waals surface area (Å²) < 4.78 is 0. The Hall–Kier alpha value is -2.43. The molecule has 140 valence electrons. The summed E-state index contributed by atoms with van der Waals surface area (Å²) in [5.74, 6) is 0.586. The Labute approximate surface area is 157 Å². The van der Waals surface area contributed by atoms with Crippen LogP contribution in [0, 0.1) is 0 Å². The van der Waals surface area contributed by atoms with Crippen LogP contribution in [0.25, 0.3) is 0 Å². The van der Waals surface area contributed by atoms with Crippen molar-refractivity contribution in [1.82, 2.24) is 14.9 Å². The number of carbonyl (C=O) groups excluding carboxylic acids is 1. The van der Waals surface area contributed by atoms with E-state index in [0.29, 0.717) is 18.2 Å². The average Bonchev–Trinajstić information content (AvgIpc) is 2.66. The van der Waals surface area contributed by atoms with Crippen molar-refractivity contribution in [2.75, 3.05) is 18.0 Å². The van der Waals surface area contributed by atoms with E-state index >= 15 is 0 Å². The number of nitrogens with zero attached hydrogens (tertiary/aromatic N) is 4. The van der Waals surface area contributed by atoms with Gasteiger partial charge in [0.15, 0.2) is 0 Å². The van der Waals surface area contributed by atoms with Crippen LogP contribution in [0.3, 0.4) is 0 Å². The highest BCUT2D eigenvalue weighted by atomic mass is 16.2. The topological polar surface area (TPSA) is 49.3 Å². The van der Waals surface area contributed by atoms with E-state index in [1.54, 1.807) is 12.3 Å². The number of anilines is 1. The monoisotopic (exact) mass is 354 g/mol. The molecule has 0 fully saturated rings. The van der Waals surface area contributed by atoms with Gasteiger partial charge in [-0.15, -0.1) is 0 Å². The van der Waals surface area contributed by atoms with Gasteiger partial charge in [-0.3, -0.25) is 4.79 Å². The third-order valence-corrected chi connectivity index (χ3v) is 4.21. The van der Waals surface area contributed by atoms with Crippen LogP contribution in [0.1, 0.15) is 56.6 Å². The SMILES string of the molecule is CCCN(CCC)C(=O)c1ccnc(N(Cc2ccccc2)C(C)C)n1. The average molecular weight is 354 g/mol. The summed E-state index contributed by atoms with van der Waals surface area (Å²) >= 11 is 0. The van der Waals surface area contributed by atoms with Crippen molar-refractivity contribution in [3.63, 3.8) is 0 Å². The van der Waals surface area contributed by atoms with Crippen molar-refractivity contribution >= 4 is 11.9 Å². The van der Waals surface area contributed by atoms with Gasteiger partial charge in [-0.1, -0.05) is 44.2 Å². The Balaban J connectivity index is 2.25. The molecule has 1 aromatic carbocycles. The predicted octanol–water partition coefficient (Wildman–Crippen LogP) is 4.15. The first kappa shape index (κ1) is 19.9. The maximum absolute atomic E-state index is 12.8. The van der Waals surface area contributed by atoms with Crippen LogP contribution in [0.15, 0.2) is 42.6 Å². The third-order valence-electron chi connectivity index (χ3n) is 4.21. The van der Waals surface area contributed by atoms with Crippen LogP contribution in [-0.2, 0) is 6.54 Å². The van der Waals surface area contributed by atoms with E-state index < -0.39 is 0 Å². The van der Waals surface area contributed by atoms with Gasteiger partial charge in [-0.2, -0.15) is 0 Å². The number of carbonyl (C=O) groups is 1. The van der Waals surface area contributed by atoms with Crippen molar-refractivity contribution in [3.05, 3.63) is 53.9 Å². The molecule has 2 rings (SSSR count). The predicted molar refractivity (Wildman–Crippen MR) is 106 cm³/mol. The smallest absolute Gasteiger partial charge is 0.272 e. The Morgan fingerprint density at radius 2 is 1.69 bits per heavy atom. The van der Waals surface area contributed by atoms with Crippen LogP contribution in [0.2, 0.25) is 0 Å². The summed E-state index contributed by atoms with van der Waals surface area (Å²) in [6.07, 6.45) is 3.57. The van der Waals surface area contributed by atoms with Gasteiger partial charge in [0.05, 0.1) is 0 Å². The van der Waals surface area contributed by atoms with Crippen molar-refractivity contribution in [3.8, 4) is 0 Å². The van der Waals surface area contributed by atoms with Crippen LogP contribution in [-0.4, -0.2) is 39.9 Å². The van der Waals surface area contributed by atoms with Gasteiger partial charge in [-0.25, -0.2) is 9.97 Å². The number of hydrogen-bond acceptors (Lipinski definition) is 4. The van der Waals surface area contributed by atoms with E-state index in [1.807, 2.05) is 23.1 Å². The number of amides is 1. The van der Waals surface area contributed by atoms with Gasteiger partial charge in [0.2, 0.25) is 5.95 Å². The second kappa shape index (κ2) is 9.90. The molecule has 5 nitrogen and oxygen atoms in total. The van der Waals surface area contributed by atoms with Gasteiger partial charge in [0, 0.05) is 31.9 Å². The minimum absolute atomic E-state index is 0.0132. The molecule has 0 spiro atoms. The molecule has 0 aliphatic carbocycles. The van der Waals surface area contributed by atoms with E-state index in [0.717, 1.165) is 25.9 Å². The molecule has 1 aromatic heterocycles. The van der Waals surface area contributed by atoms with E-state index in [4.69, 9.17) is 0 Å². The van der Waals surface area contributed by atoms with E-state index in [1.165, 1.54) is 5.56 Å². The molecule has 0 unspecified atom stereocenters. The molecule has 2 aromatic rings. The number of aromatic nitrogens is 2. The Bertz CT molecular complexity index is 681. The molecule has 0 N–H and O–H groups in total. The van der Waals surface area contributed by atoms with Gasteiger partial charge >= 0.3 is 0 Å². The molecule has 1 amide bonds. The molecular formula is C21H30N4O. The lowest BCUT2D eigenvalue weighted by molar-refractivity contribution is 0.0749. The van der Waals surface area contributed by atoms with Gasteiger partial charge in [0.1, 0.15) is 5.69 Å². The summed E-state index contributed by atoms with van der Waals surface area (Å²) in [7, 11) is 0. The van der Waals surface area contributed by atoms with Crippen molar-refractivity contribution in [1.29, 1.82) is 0 Å². The lowest BCUT2D eigenvalue weighted by atomic mass is 10.2. The first-order valence-corrected chi connectivity index (χ1v) is 9.49. The normalized spacial score (nSPS) is 10.8. The Kier molecular flexibility index (Phi) is 7.57. The minimum Gasteiger partial charge on any atom is -0.337 e. The first-order chi connectivity index (χ1) is 12.6. The highest BCUT2D eigenvalue weighted by Crippen LogP contribution is 2.16. The largest absolute Gasteiger partial charge is 0.337 e. The van der Waals surface area contributed by atoms with Gasteiger partial charge < -0.3 is 9.80 Å². The molecular weight excluding hydrogens is 324 g/mol. The van der Waals surface area contributed by atoms with Crippen molar-refractivity contribution in [2.45, 2.75) is 53.1 Å². The summed E-state index contributed by atoms with van der Waals surface area (Å²) in [6, 6.07) is 12.2. The van der Waals surface area contributed by atoms with Crippen LogP contribution < -0.4 is 4.90 Å². The van der Waals surface area contributed by atoms with Crippen LogP contribution >= 0.6 is 0 Å². The second-order valence-electron chi connectivity index (χ2n) is 6.74. The highest BCUT2D eigenvalue weighted by molar-refractivity contribution is 5.92. The van der Waals surface area contributed by atoms with E-state index in [-0.39, 0.29) is 11.9 Å². The fourth-order valence-electron chi connectivity index (χ4n) is 2.89. The molecule has 0 radical (unpaired) electrons. The summed E-state index contributed by atoms with van der Waals surface area (Å²) in [5, 5.41) is 0. The van der Waals surface area contributed by atoms with Gasteiger partial charge in [0.25, 0.3) is 5.91 Å². The molecule has 0 saturated heterocycles. The van der Waals surface area contributed by atoms with E-state index in [9.17, 15) is 4.79 Å². The molecule has 0 aliphatic rings. The Morgan fingerprint density at radius 3 is 2.27 bits per heavy atom. The minimum atomic E-state index is -0.0132. The fourth-order valence-corrected chi connectivity index (χ4v) is 2.89. The maximum Gasteiger partial charge on any atom is 0.272 e. The number of hydrogen-bond donors (Lipinski definition) is 0. The first-order valence-electron chi connectivity index (χ1n) is 9.49. The summed E-state index contributed by atoms with van der Waals surface area (Å²) in [6.45, 7) is 10.6. The number of rotatable bonds is 9. The summed E-state index contributed by atoms with van der Waals surface area (Å²) in [5.41, 5.74) is 1.66. The fraction of sp³-hybridized carbons (Fsp3) is 0.476. The van der Waals surface area contributed by atoms with Crippen LogP contribution in [0.5, 0.6) is 0 Å². The number of benzene rings is 1. The molecule has 5 heteroatoms.